The Kier molecular flexibility index (Phi) is 5.70. The van der Waals surface area contributed by atoms with Gasteiger partial charge in [-0.25, -0.2) is 9.97 Å². The zero-order valence-electron chi connectivity index (χ0n) is 16.4. The van der Waals surface area contributed by atoms with E-state index in [4.69, 9.17) is 4.74 Å². The Bertz CT molecular complexity index is 977. The second-order valence-electron chi connectivity index (χ2n) is 7.30. The lowest BCUT2D eigenvalue weighted by molar-refractivity contribution is 0.0677. The molecule has 0 aliphatic carbocycles. The number of rotatable bonds is 5. The lowest BCUT2D eigenvalue weighted by Gasteiger charge is -2.30. The summed E-state index contributed by atoms with van der Waals surface area (Å²) in [7, 11) is 0. The van der Waals surface area contributed by atoms with E-state index in [0.717, 1.165) is 30.9 Å². The number of piperidine rings is 1. The lowest BCUT2D eigenvalue weighted by atomic mass is 10.00. The first-order valence-electron chi connectivity index (χ1n) is 9.90. The molecule has 2 heterocycles. The summed E-state index contributed by atoms with van der Waals surface area (Å²) in [5.41, 5.74) is 1.13. The second-order valence-corrected chi connectivity index (χ2v) is 7.30. The molecular formula is C23H24N4O2. The molecule has 0 saturated carbocycles. The third kappa shape index (κ3) is 4.71. The smallest absolute Gasteiger partial charge is 0.272 e. The van der Waals surface area contributed by atoms with Crippen LogP contribution in [-0.4, -0.2) is 33.9 Å². The van der Waals surface area contributed by atoms with Gasteiger partial charge in [0.25, 0.3) is 5.91 Å². The van der Waals surface area contributed by atoms with Crippen LogP contribution in [0.2, 0.25) is 0 Å². The zero-order valence-corrected chi connectivity index (χ0v) is 16.4. The number of aromatic nitrogens is 2. The van der Waals surface area contributed by atoms with E-state index in [1.807, 2.05) is 59.5 Å². The molecule has 1 N–H and O–H groups in total. The molecule has 1 saturated heterocycles. The Balaban J connectivity index is 1.52. The molecule has 148 valence electrons. The molecule has 1 unspecified atom stereocenters. The molecule has 4 rings (SSSR count). The van der Waals surface area contributed by atoms with Gasteiger partial charge in [0.15, 0.2) is 5.75 Å². The van der Waals surface area contributed by atoms with Crippen molar-refractivity contribution in [3.63, 3.8) is 0 Å². The third-order valence-electron chi connectivity index (χ3n) is 4.92. The number of likely N-dealkylation sites (tertiary alicyclic amines) is 1. The fourth-order valence-electron chi connectivity index (χ4n) is 3.47. The van der Waals surface area contributed by atoms with Crippen LogP contribution in [0.25, 0.3) is 0 Å². The fraction of sp³-hybridized carbons (Fsp3) is 0.261. The van der Waals surface area contributed by atoms with Crippen molar-refractivity contribution >= 4 is 17.5 Å². The van der Waals surface area contributed by atoms with E-state index in [1.54, 1.807) is 12.3 Å². The fourth-order valence-corrected chi connectivity index (χ4v) is 3.47. The first-order chi connectivity index (χ1) is 14.2. The minimum absolute atomic E-state index is 0.0455. The number of para-hydroxylation sites is 3. The van der Waals surface area contributed by atoms with Crippen molar-refractivity contribution in [1.29, 1.82) is 0 Å². The maximum atomic E-state index is 12.8. The van der Waals surface area contributed by atoms with Crippen LogP contribution in [-0.2, 0) is 0 Å². The summed E-state index contributed by atoms with van der Waals surface area (Å²) >= 11 is 0. The minimum atomic E-state index is -0.0455. The molecule has 1 fully saturated rings. The van der Waals surface area contributed by atoms with Crippen LogP contribution >= 0.6 is 0 Å². The Labute approximate surface area is 170 Å². The first kappa shape index (κ1) is 18.9. The standard InChI is InChI=1S/C23H24N4O2/c1-17-8-7-15-27(16-17)22(28)20-13-14-24-23(26-20)25-19-11-5-6-12-21(19)29-18-9-3-2-4-10-18/h2-6,9-14,17H,7-8,15-16H2,1H3,(H,24,25,26). The predicted molar refractivity (Wildman–Crippen MR) is 113 cm³/mol. The summed E-state index contributed by atoms with van der Waals surface area (Å²) in [6, 6.07) is 18.8. The molecule has 0 bridgehead atoms. The molecule has 3 aromatic rings. The molecule has 0 spiro atoms. The highest BCUT2D eigenvalue weighted by atomic mass is 16.5. The number of anilines is 2. The van der Waals surface area contributed by atoms with Crippen LogP contribution in [0.4, 0.5) is 11.6 Å². The number of nitrogens with zero attached hydrogens (tertiary/aromatic N) is 3. The molecular weight excluding hydrogens is 364 g/mol. The highest BCUT2D eigenvalue weighted by molar-refractivity contribution is 5.92. The third-order valence-corrected chi connectivity index (χ3v) is 4.92. The predicted octanol–water partition coefficient (Wildman–Crippen LogP) is 4.88. The largest absolute Gasteiger partial charge is 0.455 e. The number of carbonyl (C=O) groups is 1. The van der Waals surface area contributed by atoms with E-state index < -0.39 is 0 Å². The van der Waals surface area contributed by atoms with Gasteiger partial charge >= 0.3 is 0 Å². The molecule has 6 heteroatoms. The Hall–Kier alpha value is -3.41. The SMILES string of the molecule is CC1CCCN(C(=O)c2ccnc(Nc3ccccc3Oc3ccccc3)n2)C1. The highest BCUT2D eigenvalue weighted by Gasteiger charge is 2.23. The van der Waals surface area contributed by atoms with Crippen LogP contribution in [0.1, 0.15) is 30.3 Å². The van der Waals surface area contributed by atoms with Crippen molar-refractivity contribution in [2.24, 2.45) is 5.92 Å². The number of hydrogen-bond acceptors (Lipinski definition) is 5. The van der Waals surface area contributed by atoms with Gasteiger partial charge in [-0.2, -0.15) is 0 Å². The number of amides is 1. The normalized spacial score (nSPS) is 16.3. The molecule has 0 radical (unpaired) electrons. The summed E-state index contributed by atoms with van der Waals surface area (Å²) in [6.07, 6.45) is 3.81. The van der Waals surface area contributed by atoms with Gasteiger partial charge < -0.3 is 15.0 Å². The summed E-state index contributed by atoms with van der Waals surface area (Å²) in [5.74, 6) is 2.24. The van der Waals surface area contributed by atoms with Crippen LogP contribution in [0.5, 0.6) is 11.5 Å². The van der Waals surface area contributed by atoms with Gasteiger partial charge in [0.1, 0.15) is 11.4 Å². The Morgan fingerprint density at radius 3 is 2.72 bits per heavy atom. The van der Waals surface area contributed by atoms with E-state index in [9.17, 15) is 4.79 Å². The van der Waals surface area contributed by atoms with Crippen LogP contribution in [0, 0.1) is 5.92 Å². The number of carbonyl (C=O) groups excluding carboxylic acids is 1. The van der Waals surface area contributed by atoms with Gasteiger partial charge in [-0.3, -0.25) is 4.79 Å². The van der Waals surface area contributed by atoms with Crippen molar-refractivity contribution in [3.8, 4) is 11.5 Å². The maximum Gasteiger partial charge on any atom is 0.272 e. The van der Waals surface area contributed by atoms with Gasteiger partial charge in [0.2, 0.25) is 5.95 Å². The second kappa shape index (κ2) is 8.73. The van der Waals surface area contributed by atoms with E-state index in [2.05, 4.69) is 22.2 Å². The lowest BCUT2D eigenvalue weighted by Crippen LogP contribution is -2.39. The summed E-state index contributed by atoms with van der Waals surface area (Å²) in [6.45, 7) is 3.74. The average Bonchev–Trinajstić information content (AvgIpc) is 2.75. The van der Waals surface area contributed by atoms with Crippen molar-refractivity contribution < 1.29 is 9.53 Å². The Morgan fingerprint density at radius 2 is 1.90 bits per heavy atom. The molecule has 1 aliphatic rings. The first-order valence-corrected chi connectivity index (χ1v) is 9.90. The van der Waals surface area contributed by atoms with Gasteiger partial charge in [-0.1, -0.05) is 37.3 Å². The topological polar surface area (TPSA) is 67.4 Å². The molecule has 1 aromatic heterocycles. The Morgan fingerprint density at radius 1 is 1.10 bits per heavy atom. The van der Waals surface area contributed by atoms with Crippen LogP contribution in [0.15, 0.2) is 66.9 Å². The number of benzene rings is 2. The van der Waals surface area contributed by atoms with Crippen molar-refractivity contribution in [1.82, 2.24) is 14.9 Å². The van der Waals surface area contributed by atoms with Gasteiger partial charge in [-0.05, 0) is 49.1 Å². The molecule has 2 aromatic carbocycles. The monoisotopic (exact) mass is 388 g/mol. The summed E-state index contributed by atoms with van der Waals surface area (Å²) < 4.78 is 5.97. The van der Waals surface area contributed by atoms with E-state index in [0.29, 0.717) is 23.3 Å². The number of ether oxygens (including phenoxy) is 1. The van der Waals surface area contributed by atoms with Crippen molar-refractivity contribution in [2.75, 3.05) is 18.4 Å². The van der Waals surface area contributed by atoms with Crippen LogP contribution in [0.3, 0.4) is 0 Å². The summed E-state index contributed by atoms with van der Waals surface area (Å²) in [4.78, 5) is 23.4. The molecule has 6 nitrogen and oxygen atoms in total. The molecule has 29 heavy (non-hydrogen) atoms. The molecule has 1 atom stereocenters. The van der Waals surface area contributed by atoms with Gasteiger partial charge in [0.05, 0.1) is 5.69 Å². The minimum Gasteiger partial charge on any atom is -0.455 e. The average molecular weight is 388 g/mol. The molecule has 1 amide bonds. The van der Waals surface area contributed by atoms with Gasteiger partial charge in [-0.15, -0.1) is 0 Å². The van der Waals surface area contributed by atoms with E-state index in [-0.39, 0.29) is 5.91 Å². The summed E-state index contributed by atoms with van der Waals surface area (Å²) in [5, 5.41) is 3.18. The zero-order chi connectivity index (χ0) is 20.1. The maximum absolute atomic E-state index is 12.8. The van der Waals surface area contributed by atoms with Crippen LogP contribution < -0.4 is 10.1 Å². The highest BCUT2D eigenvalue weighted by Crippen LogP contribution is 2.30. The number of hydrogen-bond donors (Lipinski definition) is 1. The molecule has 1 aliphatic heterocycles. The number of nitrogens with one attached hydrogen (secondary N) is 1. The van der Waals surface area contributed by atoms with E-state index in [1.165, 1.54) is 6.42 Å². The quantitative estimate of drug-likeness (QED) is 0.674. The van der Waals surface area contributed by atoms with Crippen molar-refractivity contribution in [2.45, 2.75) is 19.8 Å². The van der Waals surface area contributed by atoms with Crippen molar-refractivity contribution in [3.05, 3.63) is 72.6 Å². The van der Waals surface area contributed by atoms with Gasteiger partial charge in [0, 0.05) is 19.3 Å². The van der Waals surface area contributed by atoms with E-state index >= 15 is 0 Å².